The van der Waals surface area contributed by atoms with Crippen LogP contribution in [-0.2, 0) is 9.59 Å². The van der Waals surface area contributed by atoms with Gasteiger partial charge in [-0.15, -0.1) is 0 Å². The molecule has 1 atom stereocenters. The lowest BCUT2D eigenvalue weighted by molar-refractivity contribution is -0.127. The minimum absolute atomic E-state index is 0.0512. The molecule has 1 saturated carbocycles. The molecule has 0 aromatic heterocycles. The first kappa shape index (κ1) is 10.2. The monoisotopic (exact) mass is 185 g/mol. The summed E-state index contributed by atoms with van der Waals surface area (Å²) in [7, 11) is 0. The molecule has 0 heterocycles. The number of rotatable bonds is 4. The Morgan fingerprint density at radius 1 is 1.62 bits per heavy atom. The Morgan fingerprint density at radius 2 is 2.38 bits per heavy atom. The quantitative estimate of drug-likeness (QED) is 0.640. The normalized spacial score (nSPS) is 21.9. The van der Waals surface area contributed by atoms with Gasteiger partial charge in [-0.25, -0.2) is 0 Å². The molecule has 4 nitrogen and oxygen atoms in total. The number of amides is 1. The second-order valence-corrected chi connectivity index (χ2v) is 3.33. The third kappa shape index (κ3) is 3.14. The Bertz CT molecular complexity index is 203. The van der Waals surface area contributed by atoms with E-state index in [2.05, 4.69) is 5.32 Å². The summed E-state index contributed by atoms with van der Waals surface area (Å²) in [6, 6.07) is 0. The van der Waals surface area contributed by atoms with Gasteiger partial charge in [0.15, 0.2) is 0 Å². The minimum Gasteiger partial charge on any atom is -0.395 e. The first-order valence-electron chi connectivity index (χ1n) is 4.64. The van der Waals surface area contributed by atoms with Crippen LogP contribution < -0.4 is 5.32 Å². The van der Waals surface area contributed by atoms with E-state index in [9.17, 15) is 9.59 Å². The summed E-state index contributed by atoms with van der Waals surface area (Å²) in [5.41, 5.74) is 0. The number of nitrogens with one attached hydrogen (secondary N) is 1. The van der Waals surface area contributed by atoms with Crippen molar-refractivity contribution in [3.63, 3.8) is 0 Å². The zero-order valence-electron chi connectivity index (χ0n) is 7.58. The summed E-state index contributed by atoms with van der Waals surface area (Å²) in [6.45, 7) is 0.226. The second-order valence-electron chi connectivity index (χ2n) is 3.33. The van der Waals surface area contributed by atoms with Gasteiger partial charge in [-0.3, -0.25) is 9.59 Å². The lowest BCUT2D eigenvalue weighted by Gasteiger charge is -2.07. The van der Waals surface area contributed by atoms with Crippen molar-refractivity contribution in [2.24, 2.45) is 5.92 Å². The lowest BCUT2D eigenvalue weighted by atomic mass is 10.0. The molecule has 1 aliphatic carbocycles. The molecule has 0 aromatic carbocycles. The van der Waals surface area contributed by atoms with E-state index in [1.54, 1.807) is 0 Å². The fourth-order valence-electron chi connectivity index (χ4n) is 1.59. The molecule has 2 N–H and O–H groups in total. The van der Waals surface area contributed by atoms with Crippen LogP contribution >= 0.6 is 0 Å². The maximum absolute atomic E-state index is 11.2. The fraction of sp³-hybridized carbons (Fsp3) is 0.778. The molecule has 0 bridgehead atoms. The summed E-state index contributed by atoms with van der Waals surface area (Å²) in [4.78, 5) is 22.3. The Balaban J connectivity index is 2.23. The van der Waals surface area contributed by atoms with E-state index >= 15 is 0 Å². The highest BCUT2D eigenvalue weighted by molar-refractivity contribution is 5.88. The zero-order valence-corrected chi connectivity index (χ0v) is 7.58. The molecule has 1 aliphatic rings. The summed E-state index contributed by atoms with van der Waals surface area (Å²) >= 11 is 0. The third-order valence-corrected chi connectivity index (χ3v) is 2.30. The van der Waals surface area contributed by atoms with Crippen molar-refractivity contribution >= 4 is 11.7 Å². The van der Waals surface area contributed by atoms with Gasteiger partial charge < -0.3 is 10.4 Å². The molecule has 0 aliphatic heterocycles. The maximum Gasteiger partial charge on any atom is 0.220 e. The predicted molar refractivity (Wildman–Crippen MR) is 47.1 cm³/mol. The topological polar surface area (TPSA) is 66.4 Å². The SMILES string of the molecule is O=C(CC1CCCC1=O)NCCO. The van der Waals surface area contributed by atoms with Gasteiger partial charge in [0, 0.05) is 25.3 Å². The van der Waals surface area contributed by atoms with Crippen LogP contribution in [0.5, 0.6) is 0 Å². The molecule has 1 rings (SSSR count). The number of ketones is 1. The molecular weight excluding hydrogens is 170 g/mol. The number of Topliss-reactive ketones (excluding diaryl/α,β-unsaturated/α-hetero) is 1. The van der Waals surface area contributed by atoms with Gasteiger partial charge >= 0.3 is 0 Å². The van der Waals surface area contributed by atoms with E-state index < -0.39 is 0 Å². The van der Waals surface area contributed by atoms with Gasteiger partial charge in [0.1, 0.15) is 5.78 Å². The van der Waals surface area contributed by atoms with Crippen LogP contribution in [-0.4, -0.2) is 29.9 Å². The summed E-state index contributed by atoms with van der Waals surface area (Å²) < 4.78 is 0. The van der Waals surface area contributed by atoms with E-state index in [1.165, 1.54) is 0 Å². The van der Waals surface area contributed by atoms with Crippen LogP contribution in [0.2, 0.25) is 0 Å². The third-order valence-electron chi connectivity index (χ3n) is 2.30. The van der Waals surface area contributed by atoms with Crippen molar-refractivity contribution in [3.8, 4) is 0 Å². The van der Waals surface area contributed by atoms with Crippen molar-refractivity contribution in [1.29, 1.82) is 0 Å². The van der Waals surface area contributed by atoms with Gasteiger partial charge in [-0.2, -0.15) is 0 Å². The second kappa shape index (κ2) is 4.97. The molecule has 0 saturated heterocycles. The number of hydrogen-bond acceptors (Lipinski definition) is 3. The Morgan fingerprint density at radius 3 is 2.92 bits per heavy atom. The molecule has 1 amide bonds. The maximum atomic E-state index is 11.2. The van der Waals surface area contributed by atoms with Crippen LogP contribution in [0.25, 0.3) is 0 Å². The Hall–Kier alpha value is -0.900. The Labute approximate surface area is 77.3 Å². The molecule has 13 heavy (non-hydrogen) atoms. The number of carbonyl (C=O) groups is 2. The lowest BCUT2D eigenvalue weighted by Crippen LogP contribution is -2.29. The van der Waals surface area contributed by atoms with Gasteiger partial charge in [0.2, 0.25) is 5.91 Å². The number of hydrogen-bond donors (Lipinski definition) is 2. The largest absolute Gasteiger partial charge is 0.395 e. The highest BCUT2D eigenvalue weighted by Crippen LogP contribution is 2.23. The predicted octanol–water partition coefficient (Wildman–Crippen LogP) is -0.146. The molecular formula is C9H15NO3. The number of aliphatic hydroxyl groups is 1. The number of aliphatic hydroxyl groups excluding tert-OH is 1. The van der Waals surface area contributed by atoms with Crippen molar-refractivity contribution < 1.29 is 14.7 Å². The van der Waals surface area contributed by atoms with Crippen LogP contribution in [0, 0.1) is 5.92 Å². The van der Waals surface area contributed by atoms with Crippen LogP contribution in [0.1, 0.15) is 25.7 Å². The molecule has 74 valence electrons. The molecule has 0 radical (unpaired) electrons. The molecule has 0 spiro atoms. The van der Waals surface area contributed by atoms with Crippen molar-refractivity contribution in [3.05, 3.63) is 0 Å². The average Bonchev–Trinajstić information content (AvgIpc) is 2.48. The van der Waals surface area contributed by atoms with Gasteiger partial charge in [0.05, 0.1) is 6.61 Å². The standard InChI is InChI=1S/C9H15NO3/c11-5-4-10-9(13)6-7-2-1-3-8(7)12/h7,11H,1-6H2,(H,10,13). The number of carbonyl (C=O) groups excluding carboxylic acids is 2. The van der Waals surface area contributed by atoms with Gasteiger partial charge in [0.25, 0.3) is 0 Å². The van der Waals surface area contributed by atoms with E-state index in [4.69, 9.17) is 5.11 Å². The fourth-order valence-corrected chi connectivity index (χ4v) is 1.59. The van der Waals surface area contributed by atoms with Crippen LogP contribution in [0.4, 0.5) is 0 Å². The van der Waals surface area contributed by atoms with Crippen molar-refractivity contribution in [2.75, 3.05) is 13.2 Å². The molecule has 1 fully saturated rings. The van der Waals surface area contributed by atoms with E-state index in [-0.39, 0.29) is 30.8 Å². The summed E-state index contributed by atoms with van der Waals surface area (Å²) in [5.74, 6) is 0.00661. The highest BCUT2D eigenvalue weighted by atomic mass is 16.3. The first-order valence-corrected chi connectivity index (χ1v) is 4.64. The summed E-state index contributed by atoms with van der Waals surface area (Å²) in [5, 5.41) is 11.0. The first-order chi connectivity index (χ1) is 6.24. The Kier molecular flexibility index (Phi) is 3.89. The van der Waals surface area contributed by atoms with Crippen LogP contribution in [0.3, 0.4) is 0 Å². The zero-order chi connectivity index (χ0) is 9.68. The van der Waals surface area contributed by atoms with Gasteiger partial charge in [-0.1, -0.05) is 0 Å². The molecule has 0 aromatic rings. The van der Waals surface area contributed by atoms with E-state index in [1.807, 2.05) is 0 Å². The minimum atomic E-state index is -0.130. The van der Waals surface area contributed by atoms with E-state index in [0.29, 0.717) is 12.8 Å². The van der Waals surface area contributed by atoms with Crippen molar-refractivity contribution in [2.45, 2.75) is 25.7 Å². The van der Waals surface area contributed by atoms with Crippen molar-refractivity contribution in [1.82, 2.24) is 5.32 Å². The molecule has 1 unspecified atom stereocenters. The highest BCUT2D eigenvalue weighted by Gasteiger charge is 2.26. The van der Waals surface area contributed by atoms with Crippen LogP contribution in [0.15, 0.2) is 0 Å². The average molecular weight is 185 g/mol. The molecule has 4 heteroatoms. The summed E-state index contributed by atoms with van der Waals surface area (Å²) in [6.07, 6.45) is 2.67. The smallest absolute Gasteiger partial charge is 0.220 e. The van der Waals surface area contributed by atoms with Gasteiger partial charge in [-0.05, 0) is 12.8 Å². The van der Waals surface area contributed by atoms with E-state index in [0.717, 1.165) is 12.8 Å².